The Kier molecular flexibility index (Phi) is 5.05. The Morgan fingerprint density at radius 1 is 1.48 bits per heavy atom. The monoisotopic (exact) mass is 342 g/mol. The van der Waals surface area contributed by atoms with Gasteiger partial charge in [-0.05, 0) is 50.1 Å². The third kappa shape index (κ3) is 3.83. The molecule has 1 aromatic heterocycles. The molecule has 2 heterocycles. The second kappa shape index (κ2) is 7.40. The Balaban J connectivity index is 1.97. The standard InChI is InChI=1S/C17H19FN6O/c1-11-16(25)24(10-13-7-14(18)5-4-12(13)8-19)17(23-22-11)21-15-3-2-6-20-9-15/h4-5,7,15,20H,2-3,6,9-10H2,1H3,(H,21,23). The molecule has 3 rings (SSSR count). The van der Waals surface area contributed by atoms with E-state index in [0.29, 0.717) is 17.1 Å². The minimum atomic E-state index is -0.452. The third-order valence-corrected chi connectivity index (χ3v) is 4.25. The molecule has 0 bridgehead atoms. The smallest absolute Gasteiger partial charge is 0.276 e. The van der Waals surface area contributed by atoms with Crippen LogP contribution in [0.5, 0.6) is 0 Å². The first-order chi connectivity index (χ1) is 12.1. The number of hydrogen-bond acceptors (Lipinski definition) is 6. The molecule has 25 heavy (non-hydrogen) atoms. The summed E-state index contributed by atoms with van der Waals surface area (Å²) in [6.07, 6.45) is 1.99. The number of anilines is 1. The van der Waals surface area contributed by atoms with Gasteiger partial charge in [0.2, 0.25) is 5.95 Å². The van der Waals surface area contributed by atoms with Crippen molar-refractivity contribution in [2.45, 2.75) is 32.4 Å². The van der Waals surface area contributed by atoms with E-state index in [4.69, 9.17) is 0 Å². The summed E-state index contributed by atoms with van der Waals surface area (Å²) in [4.78, 5) is 12.5. The summed E-state index contributed by atoms with van der Waals surface area (Å²) in [5, 5.41) is 23.8. The highest BCUT2D eigenvalue weighted by Gasteiger charge is 2.18. The van der Waals surface area contributed by atoms with Gasteiger partial charge in [-0.3, -0.25) is 9.36 Å². The first-order valence-electron chi connectivity index (χ1n) is 8.18. The molecule has 0 amide bonds. The summed E-state index contributed by atoms with van der Waals surface area (Å²) < 4.78 is 15.0. The van der Waals surface area contributed by atoms with Gasteiger partial charge in [-0.2, -0.15) is 5.26 Å². The molecule has 8 heteroatoms. The van der Waals surface area contributed by atoms with Crippen LogP contribution >= 0.6 is 0 Å². The maximum Gasteiger partial charge on any atom is 0.276 e. The summed E-state index contributed by atoms with van der Waals surface area (Å²) >= 11 is 0. The molecule has 2 aromatic rings. The van der Waals surface area contributed by atoms with E-state index >= 15 is 0 Å². The Bertz CT molecular complexity index is 866. The zero-order valence-electron chi connectivity index (χ0n) is 13.9. The van der Waals surface area contributed by atoms with Crippen molar-refractivity contribution < 1.29 is 4.39 Å². The molecule has 1 saturated heterocycles. The van der Waals surface area contributed by atoms with Crippen LogP contribution in [0.25, 0.3) is 0 Å². The van der Waals surface area contributed by atoms with Gasteiger partial charge in [-0.15, -0.1) is 10.2 Å². The number of halogens is 1. The topological polar surface area (TPSA) is 95.6 Å². The van der Waals surface area contributed by atoms with E-state index < -0.39 is 5.82 Å². The highest BCUT2D eigenvalue weighted by atomic mass is 19.1. The second-order valence-electron chi connectivity index (χ2n) is 6.10. The highest BCUT2D eigenvalue weighted by molar-refractivity contribution is 5.39. The zero-order valence-corrected chi connectivity index (χ0v) is 13.9. The fourth-order valence-corrected chi connectivity index (χ4v) is 2.89. The van der Waals surface area contributed by atoms with Gasteiger partial charge >= 0.3 is 0 Å². The Morgan fingerprint density at radius 2 is 2.32 bits per heavy atom. The van der Waals surface area contributed by atoms with Crippen molar-refractivity contribution >= 4 is 5.95 Å². The quantitative estimate of drug-likeness (QED) is 0.866. The number of aromatic nitrogens is 3. The number of piperidine rings is 1. The zero-order chi connectivity index (χ0) is 17.8. The molecule has 0 aliphatic carbocycles. The number of nitrogens with zero attached hydrogens (tertiary/aromatic N) is 4. The van der Waals surface area contributed by atoms with Gasteiger partial charge < -0.3 is 10.6 Å². The molecule has 0 radical (unpaired) electrons. The molecule has 1 fully saturated rings. The van der Waals surface area contributed by atoms with Crippen molar-refractivity contribution in [3.63, 3.8) is 0 Å². The molecule has 1 unspecified atom stereocenters. The van der Waals surface area contributed by atoms with Gasteiger partial charge in [0.05, 0.1) is 18.2 Å². The van der Waals surface area contributed by atoms with Crippen molar-refractivity contribution in [1.82, 2.24) is 20.1 Å². The van der Waals surface area contributed by atoms with Gasteiger partial charge in [0.15, 0.2) is 0 Å². The predicted octanol–water partition coefficient (Wildman–Crippen LogP) is 1.17. The second-order valence-corrected chi connectivity index (χ2v) is 6.10. The summed E-state index contributed by atoms with van der Waals surface area (Å²) in [5.74, 6) is -0.121. The SMILES string of the molecule is Cc1nnc(NC2CCCNC2)n(Cc2cc(F)ccc2C#N)c1=O. The van der Waals surface area contributed by atoms with Crippen molar-refractivity contribution in [2.75, 3.05) is 18.4 Å². The lowest BCUT2D eigenvalue weighted by molar-refractivity contribution is 0.474. The van der Waals surface area contributed by atoms with Crippen molar-refractivity contribution in [3.05, 3.63) is 51.2 Å². The Hall–Kier alpha value is -2.79. The lowest BCUT2D eigenvalue weighted by Gasteiger charge is -2.25. The largest absolute Gasteiger partial charge is 0.350 e. The minimum absolute atomic E-state index is 0.0539. The first-order valence-corrected chi connectivity index (χ1v) is 8.18. The van der Waals surface area contributed by atoms with E-state index in [1.807, 2.05) is 6.07 Å². The molecule has 1 aliphatic heterocycles. The Morgan fingerprint density at radius 3 is 3.04 bits per heavy atom. The van der Waals surface area contributed by atoms with E-state index in [2.05, 4.69) is 20.8 Å². The number of hydrogen-bond donors (Lipinski definition) is 2. The molecular weight excluding hydrogens is 323 g/mol. The van der Waals surface area contributed by atoms with E-state index in [1.165, 1.54) is 22.8 Å². The van der Waals surface area contributed by atoms with Gasteiger partial charge in [0.1, 0.15) is 11.5 Å². The molecule has 130 valence electrons. The first kappa shape index (κ1) is 17.0. The highest BCUT2D eigenvalue weighted by Crippen LogP contribution is 2.15. The molecule has 1 atom stereocenters. The molecule has 1 aromatic carbocycles. The van der Waals surface area contributed by atoms with Crippen LogP contribution in [-0.2, 0) is 6.54 Å². The van der Waals surface area contributed by atoms with Crippen LogP contribution in [0.3, 0.4) is 0 Å². The third-order valence-electron chi connectivity index (χ3n) is 4.25. The summed E-state index contributed by atoms with van der Waals surface area (Å²) in [5.41, 5.74) is 0.700. The maximum atomic E-state index is 13.6. The summed E-state index contributed by atoms with van der Waals surface area (Å²) in [6, 6.07) is 6.08. The molecule has 1 aliphatic rings. The van der Waals surface area contributed by atoms with Crippen LogP contribution in [0.1, 0.15) is 29.7 Å². The van der Waals surface area contributed by atoms with E-state index in [-0.39, 0.29) is 23.8 Å². The van der Waals surface area contributed by atoms with Crippen LogP contribution in [0, 0.1) is 24.1 Å². The van der Waals surface area contributed by atoms with Crippen molar-refractivity contribution in [1.29, 1.82) is 5.26 Å². The normalized spacial score (nSPS) is 17.1. The number of rotatable bonds is 4. The number of nitriles is 1. The van der Waals surface area contributed by atoms with Crippen molar-refractivity contribution in [3.8, 4) is 6.07 Å². The summed E-state index contributed by atoms with van der Waals surface area (Å²) in [6.45, 7) is 3.37. The lowest BCUT2D eigenvalue weighted by atomic mass is 10.1. The molecule has 0 spiro atoms. The van der Waals surface area contributed by atoms with Crippen LogP contribution in [0.4, 0.5) is 10.3 Å². The van der Waals surface area contributed by atoms with E-state index in [1.54, 1.807) is 6.92 Å². The fourth-order valence-electron chi connectivity index (χ4n) is 2.89. The molecule has 2 N–H and O–H groups in total. The van der Waals surface area contributed by atoms with Crippen LogP contribution in [0.15, 0.2) is 23.0 Å². The molecule has 0 saturated carbocycles. The Labute approximate surface area is 144 Å². The van der Waals surface area contributed by atoms with Gasteiger partial charge in [0, 0.05) is 12.6 Å². The van der Waals surface area contributed by atoms with E-state index in [0.717, 1.165) is 25.9 Å². The maximum absolute atomic E-state index is 13.6. The number of benzene rings is 1. The van der Waals surface area contributed by atoms with E-state index in [9.17, 15) is 14.4 Å². The lowest BCUT2D eigenvalue weighted by Crippen LogP contribution is -2.40. The van der Waals surface area contributed by atoms with Crippen LogP contribution in [0.2, 0.25) is 0 Å². The summed E-state index contributed by atoms with van der Waals surface area (Å²) in [7, 11) is 0. The molecule has 7 nitrogen and oxygen atoms in total. The van der Waals surface area contributed by atoms with Gasteiger partial charge in [-0.25, -0.2) is 4.39 Å². The average molecular weight is 342 g/mol. The fraction of sp³-hybridized carbons (Fsp3) is 0.412. The minimum Gasteiger partial charge on any atom is -0.350 e. The number of nitrogens with one attached hydrogen (secondary N) is 2. The van der Waals surface area contributed by atoms with Gasteiger partial charge in [-0.1, -0.05) is 0 Å². The van der Waals surface area contributed by atoms with Gasteiger partial charge in [0.25, 0.3) is 5.56 Å². The predicted molar refractivity (Wildman–Crippen MR) is 90.8 cm³/mol. The van der Waals surface area contributed by atoms with Crippen LogP contribution < -0.4 is 16.2 Å². The molecular formula is C17H19FN6O. The van der Waals surface area contributed by atoms with Crippen LogP contribution in [-0.4, -0.2) is 33.9 Å². The number of aryl methyl sites for hydroxylation is 1. The van der Waals surface area contributed by atoms with Crippen molar-refractivity contribution in [2.24, 2.45) is 0 Å². The average Bonchev–Trinajstić information content (AvgIpc) is 2.62.